The third-order valence-electron chi connectivity index (χ3n) is 2.45. The van der Waals surface area contributed by atoms with Crippen molar-refractivity contribution in [2.24, 2.45) is 0 Å². The molecule has 0 aliphatic rings. The van der Waals surface area contributed by atoms with E-state index >= 15 is 0 Å². The third-order valence-corrected chi connectivity index (χ3v) is 2.45. The minimum Gasteiger partial charge on any atom is -0.285 e. The highest BCUT2D eigenvalue weighted by atomic mass is 19.1. The molecule has 0 amide bonds. The molecule has 1 N–H and O–H groups in total. The van der Waals surface area contributed by atoms with E-state index in [0.29, 0.717) is 0 Å². The lowest BCUT2D eigenvalue weighted by Crippen LogP contribution is -1.92. The quantitative estimate of drug-likeness (QED) is 0.798. The maximum absolute atomic E-state index is 13.7. The minimum absolute atomic E-state index is 0.149. The third kappa shape index (κ3) is 1.91. The highest BCUT2D eigenvalue weighted by molar-refractivity contribution is 5.62. The highest BCUT2D eigenvalue weighted by Gasteiger charge is 2.08. The van der Waals surface area contributed by atoms with Crippen molar-refractivity contribution in [1.29, 1.82) is 0 Å². The number of aromatic nitrogens is 2. The van der Waals surface area contributed by atoms with E-state index in [9.17, 15) is 4.39 Å². The zero-order valence-electron chi connectivity index (χ0n) is 8.79. The fraction of sp³-hybridized carbons (Fsp3) is 0.250. The molecule has 1 aromatic heterocycles. The Morgan fingerprint density at radius 3 is 2.60 bits per heavy atom. The van der Waals surface area contributed by atoms with Gasteiger partial charge in [0, 0.05) is 11.8 Å². The Bertz CT molecular complexity index is 447. The first kappa shape index (κ1) is 9.90. The van der Waals surface area contributed by atoms with Crippen LogP contribution in [0, 0.1) is 5.82 Å². The number of benzene rings is 1. The summed E-state index contributed by atoms with van der Waals surface area (Å²) in [5, 5.41) is 6.55. The smallest absolute Gasteiger partial charge is 0.127 e. The molecule has 0 radical (unpaired) electrons. The number of hydrogen-bond donors (Lipinski definition) is 1. The first-order valence-electron chi connectivity index (χ1n) is 4.97. The van der Waals surface area contributed by atoms with Gasteiger partial charge >= 0.3 is 0 Å². The summed E-state index contributed by atoms with van der Waals surface area (Å²) >= 11 is 0. The van der Waals surface area contributed by atoms with Gasteiger partial charge in [0.1, 0.15) is 5.82 Å². The summed E-state index contributed by atoms with van der Waals surface area (Å²) in [5.41, 5.74) is 2.51. The van der Waals surface area contributed by atoms with Crippen LogP contribution >= 0.6 is 0 Å². The van der Waals surface area contributed by atoms with Crippen LogP contribution in [0.25, 0.3) is 11.1 Å². The van der Waals surface area contributed by atoms with E-state index in [4.69, 9.17) is 0 Å². The molecule has 1 aromatic carbocycles. The fourth-order valence-corrected chi connectivity index (χ4v) is 1.58. The Morgan fingerprint density at radius 2 is 2.07 bits per heavy atom. The first-order chi connectivity index (χ1) is 7.18. The Kier molecular flexibility index (Phi) is 2.54. The maximum Gasteiger partial charge on any atom is 0.127 e. The van der Waals surface area contributed by atoms with Crippen LogP contribution < -0.4 is 0 Å². The van der Waals surface area contributed by atoms with Gasteiger partial charge in [-0.15, -0.1) is 0 Å². The number of halogens is 1. The summed E-state index contributed by atoms with van der Waals surface area (Å²) in [7, 11) is 0. The molecule has 0 spiro atoms. The second-order valence-electron chi connectivity index (χ2n) is 3.88. The average molecular weight is 204 g/mol. The largest absolute Gasteiger partial charge is 0.285 e. The molecule has 0 saturated carbocycles. The number of rotatable bonds is 2. The molecule has 2 rings (SSSR count). The van der Waals surface area contributed by atoms with Gasteiger partial charge in [-0.3, -0.25) is 5.10 Å². The van der Waals surface area contributed by atoms with E-state index in [-0.39, 0.29) is 11.7 Å². The summed E-state index contributed by atoms with van der Waals surface area (Å²) < 4.78 is 13.7. The fourth-order valence-electron chi connectivity index (χ4n) is 1.58. The molecule has 0 atom stereocenters. The lowest BCUT2D eigenvalue weighted by molar-refractivity contribution is 0.599. The Labute approximate surface area is 88.1 Å². The second-order valence-corrected chi connectivity index (χ2v) is 3.88. The van der Waals surface area contributed by atoms with Crippen LogP contribution in [0.5, 0.6) is 0 Å². The van der Waals surface area contributed by atoms with Crippen molar-refractivity contribution < 1.29 is 4.39 Å². The van der Waals surface area contributed by atoms with Gasteiger partial charge in [0.2, 0.25) is 0 Å². The van der Waals surface area contributed by atoms with Gasteiger partial charge in [0.05, 0.1) is 6.20 Å². The lowest BCUT2D eigenvalue weighted by atomic mass is 9.99. The van der Waals surface area contributed by atoms with Crippen molar-refractivity contribution in [2.45, 2.75) is 19.8 Å². The van der Waals surface area contributed by atoms with Crippen molar-refractivity contribution in [3.05, 3.63) is 42.0 Å². The van der Waals surface area contributed by atoms with Crippen LogP contribution in [0.15, 0.2) is 30.6 Å². The van der Waals surface area contributed by atoms with Crippen molar-refractivity contribution >= 4 is 0 Å². The molecule has 0 aliphatic heterocycles. The van der Waals surface area contributed by atoms with Crippen LogP contribution in [-0.2, 0) is 0 Å². The van der Waals surface area contributed by atoms with E-state index in [1.54, 1.807) is 18.5 Å². The molecular formula is C12H13FN2. The zero-order valence-corrected chi connectivity index (χ0v) is 8.79. The van der Waals surface area contributed by atoms with Crippen molar-refractivity contribution in [2.75, 3.05) is 0 Å². The predicted molar refractivity (Wildman–Crippen MR) is 58.1 cm³/mol. The van der Waals surface area contributed by atoms with E-state index in [1.807, 2.05) is 26.0 Å². The maximum atomic E-state index is 13.7. The van der Waals surface area contributed by atoms with E-state index in [1.165, 1.54) is 0 Å². The van der Waals surface area contributed by atoms with Crippen molar-refractivity contribution in [1.82, 2.24) is 10.2 Å². The lowest BCUT2D eigenvalue weighted by Gasteiger charge is -2.07. The standard InChI is InChI=1S/C12H13FN2/c1-8(2)11-4-3-9(5-12(11)13)10-6-14-15-7-10/h3-8H,1-2H3,(H,14,15). The summed E-state index contributed by atoms with van der Waals surface area (Å²) in [6, 6.07) is 5.31. The van der Waals surface area contributed by atoms with Crippen molar-refractivity contribution in [3.8, 4) is 11.1 Å². The summed E-state index contributed by atoms with van der Waals surface area (Å²) in [6.45, 7) is 3.96. The molecular weight excluding hydrogens is 191 g/mol. The van der Waals surface area contributed by atoms with Gasteiger partial charge in [0.15, 0.2) is 0 Å². The molecule has 2 aromatic rings. The number of nitrogens with zero attached hydrogens (tertiary/aromatic N) is 1. The molecule has 2 nitrogen and oxygen atoms in total. The minimum atomic E-state index is -0.149. The van der Waals surface area contributed by atoms with Crippen molar-refractivity contribution in [3.63, 3.8) is 0 Å². The Morgan fingerprint density at radius 1 is 1.27 bits per heavy atom. The molecule has 0 bridgehead atoms. The van der Waals surface area contributed by atoms with E-state index in [2.05, 4.69) is 10.2 Å². The molecule has 15 heavy (non-hydrogen) atoms. The van der Waals surface area contributed by atoms with Gasteiger partial charge < -0.3 is 0 Å². The van der Waals surface area contributed by atoms with Gasteiger partial charge in [-0.25, -0.2) is 4.39 Å². The summed E-state index contributed by atoms with van der Waals surface area (Å²) in [6.07, 6.45) is 3.44. The van der Waals surface area contributed by atoms with Crippen LogP contribution in [0.4, 0.5) is 4.39 Å². The normalized spacial score (nSPS) is 10.9. The number of H-pyrrole nitrogens is 1. The Balaban J connectivity index is 2.42. The highest BCUT2D eigenvalue weighted by Crippen LogP contribution is 2.24. The van der Waals surface area contributed by atoms with Crippen LogP contribution in [0.1, 0.15) is 25.3 Å². The van der Waals surface area contributed by atoms with Crippen LogP contribution in [0.2, 0.25) is 0 Å². The molecule has 1 heterocycles. The van der Waals surface area contributed by atoms with Crippen LogP contribution in [0.3, 0.4) is 0 Å². The Hall–Kier alpha value is -1.64. The second kappa shape index (κ2) is 3.85. The van der Waals surface area contributed by atoms with E-state index < -0.39 is 0 Å². The molecule has 3 heteroatoms. The molecule has 78 valence electrons. The number of nitrogens with one attached hydrogen (secondary N) is 1. The topological polar surface area (TPSA) is 28.7 Å². The van der Waals surface area contributed by atoms with Gasteiger partial charge in [0.25, 0.3) is 0 Å². The van der Waals surface area contributed by atoms with Gasteiger partial charge in [-0.1, -0.05) is 26.0 Å². The first-order valence-corrected chi connectivity index (χ1v) is 4.97. The summed E-state index contributed by atoms with van der Waals surface area (Å²) in [5.74, 6) is 0.0621. The average Bonchev–Trinajstić information content (AvgIpc) is 2.69. The number of aromatic amines is 1. The van der Waals surface area contributed by atoms with Gasteiger partial charge in [-0.2, -0.15) is 5.10 Å². The summed E-state index contributed by atoms with van der Waals surface area (Å²) in [4.78, 5) is 0. The molecule has 0 aliphatic carbocycles. The molecule has 0 fully saturated rings. The molecule has 0 saturated heterocycles. The zero-order chi connectivity index (χ0) is 10.8. The van der Waals surface area contributed by atoms with E-state index in [0.717, 1.165) is 16.7 Å². The SMILES string of the molecule is CC(C)c1ccc(-c2cn[nH]c2)cc1F. The van der Waals surface area contributed by atoms with Crippen LogP contribution in [-0.4, -0.2) is 10.2 Å². The predicted octanol–water partition coefficient (Wildman–Crippen LogP) is 3.34. The van der Waals surface area contributed by atoms with Gasteiger partial charge in [-0.05, 0) is 23.1 Å². The monoisotopic (exact) mass is 204 g/mol. The number of hydrogen-bond acceptors (Lipinski definition) is 1. The molecule has 0 unspecified atom stereocenters.